The Bertz CT molecular complexity index is 1300. The molecule has 1 aromatic carbocycles. The van der Waals surface area contributed by atoms with E-state index in [1.165, 1.54) is 13.1 Å². The van der Waals surface area contributed by atoms with Crippen molar-refractivity contribution in [3.8, 4) is 11.3 Å². The summed E-state index contributed by atoms with van der Waals surface area (Å²) < 4.78 is 48.9. The molecule has 0 bridgehead atoms. The topological polar surface area (TPSA) is 107 Å². The fourth-order valence-corrected chi connectivity index (χ4v) is 4.96. The zero-order valence-corrected chi connectivity index (χ0v) is 21.1. The number of aromatic nitrogens is 2. The Balaban J connectivity index is 1.53. The molecule has 7 nitrogen and oxygen atoms in total. The molecule has 0 radical (unpaired) electrons. The number of carbonyl (C=O) groups excluding carboxylic acids is 2. The van der Waals surface area contributed by atoms with Crippen molar-refractivity contribution >= 4 is 17.4 Å². The van der Waals surface area contributed by atoms with E-state index in [9.17, 15) is 22.8 Å². The molecule has 1 saturated carbocycles. The number of carbonyl (C=O) groups is 2. The van der Waals surface area contributed by atoms with Crippen molar-refractivity contribution in [1.82, 2.24) is 9.97 Å². The highest BCUT2D eigenvalue weighted by molar-refractivity contribution is 6.03. The molecule has 2 heterocycles. The molecule has 4 atom stereocenters. The van der Waals surface area contributed by atoms with E-state index >= 15 is 0 Å². The van der Waals surface area contributed by atoms with Crippen LogP contribution in [0.4, 0.5) is 18.9 Å². The monoisotopic (exact) mass is 526 g/mol. The number of halogens is 3. The van der Waals surface area contributed by atoms with Gasteiger partial charge in [-0.05, 0) is 67.5 Å². The first-order valence-electron chi connectivity index (χ1n) is 12.4. The van der Waals surface area contributed by atoms with E-state index in [1.54, 1.807) is 12.3 Å². The van der Waals surface area contributed by atoms with Gasteiger partial charge in [-0.15, -0.1) is 0 Å². The highest BCUT2D eigenvalue weighted by atomic mass is 19.1. The van der Waals surface area contributed by atoms with Gasteiger partial charge in [-0.2, -0.15) is 0 Å². The van der Waals surface area contributed by atoms with Gasteiger partial charge in [0.2, 0.25) is 0 Å². The van der Waals surface area contributed by atoms with E-state index in [-0.39, 0.29) is 35.5 Å². The van der Waals surface area contributed by atoms with E-state index in [2.05, 4.69) is 15.3 Å². The first kappa shape index (κ1) is 27.4. The summed E-state index contributed by atoms with van der Waals surface area (Å²) in [6.45, 7) is 3.88. The molecular formula is C28H29F3N4O3. The van der Waals surface area contributed by atoms with Gasteiger partial charge in [0.1, 0.15) is 34.6 Å². The van der Waals surface area contributed by atoms with Gasteiger partial charge >= 0.3 is 0 Å². The van der Waals surface area contributed by atoms with E-state index in [4.69, 9.17) is 10.5 Å². The SMILES string of the molecule is CC(=O)CCO[C@H]1[C@H](C)C[C@H](c2ccncc2NC(=O)c2ccc(F)c(-c3c(F)cccc3F)n2)C[C@@H]1N. The second-order valence-electron chi connectivity index (χ2n) is 9.64. The standard InChI is InChI=1S/C28H29F3N4O3/c1-15-12-17(13-22(32)27(15)38-11-9-16(2)36)18-8-10-33-14-24(18)35-28(37)23-7-6-21(31)26(34-23)25-19(29)4-3-5-20(25)30/h3-8,10,14-15,17,22,27H,9,11-13,32H2,1-2H3,(H,35,37)/t15-,17+,22+,27+/m1/s1. The third kappa shape index (κ3) is 6.08. The van der Waals surface area contributed by atoms with Crippen molar-refractivity contribution in [2.24, 2.45) is 11.7 Å². The number of nitrogens with two attached hydrogens (primary N) is 1. The fourth-order valence-electron chi connectivity index (χ4n) is 4.96. The molecule has 0 saturated heterocycles. The average Bonchev–Trinajstić information content (AvgIpc) is 2.86. The number of ketones is 1. The Morgan fingerprint density at radius 3 is 2.50 bits per heavy atom. The van der Waals surface area contributed by atoms with Crippen LogP contribution in [0.2, 0.25) is 0 Å². The zero-order valence-electron chi connectivity index (χ0n) is 21.1. The molecule has 0 aliphatic heterocycles. The van der Waals surface area contributed by atoms with E-state index in [1.807, 2.05) is 6.92 Å². The minimum Gasteiger partial charge on any atom is -0.376 e. The Hall–Kier alpha value is -3.63. The molecule has 1 aliphatic rings. The molecule has 3 N–H and O–H groups in total. The number of rotatable bonds is 8. The predicted molar refractivity (Wildman–Crippen MR) is 136 cm³/mol. The highest BCUT2D eigenvalue weighted by Gasteiger charge is 2.36. The van der Waals surface area contributed by atoms with Crippen molar-refractivity contribution in [2.45, 2.75) is 51.2 Å². The average molecular weight is 527 g/mol. The van der Waals surface area contributed by atoms with Crippen LogP contribution in [0.15, 0.2) is 48.8 Å². The maximum absolute atomic E-state index is 14.5. The van der Waals surface area contributed by atoms with Gasteiger partial charge in [-0.3, -0.25) is 14.6 Å². The number of anilines is 1. The lowest BCUT2D eigenvalue weighted by Gasteiger charge is -2.39. The maximum Gasteiger partial charge on any atom is 0.274 e. The molecule has 0 unspecified atom stereocenters. The van der Waals surface area contributed by atoms with Crippen LogP contribution < -0.4 is 11.1 Å². The number of amides is 1. The van der Waals surface area contributed by atoms with Crippen LogP contribution in [0.3, 0.4) is 0 Å². The number of nitrogens with zero attached hydrogens (tertiary/aromatic N) is 2. The van der Waals surface area contributed by atoms with Crippen molar-refractivity contribution in [3.05, 3.63) is 77.5 Å². The van der Waals surface area contributed by atoms with E-state index in [0.29, 0.717) is 25.1 Å². The molecule has 3 aromatic rings. The van der Waals surface area contributed by atoms with Crippen LogP contribution in [-0.2, 0) is 9.53 Å². The third-order valence-corrected chi connectivity index (χ3v) is 6.78. The summed E-state index contributed by atoms with van der Waals surface area (Å²) in [6, 6.07) is 6.75. The quantitative estimate of drug-likeness (QED) is 0.427. The summed E-state index contributed by atoms with van der Waals surface area (Å²) in [5.74, 6) is -3.48. The second kappa shape index (κ2) is 11.8. The molecule has 1 fully saturated rings. The Labute approximate surface area is 218 Å². The van der Waals surface area contributed by atoms with Crippen molar-refractivity contribution < 1.29 is 27.5 Å². The molecular weight excluding hydrogens is 497 g/mol. The number of Topliss-reactive ketones (excluding diaryl/α,β-unsaturated/α-hetero) is 1. The van der Waals surface area contributed by atoms with Crippen LogP contribution >= 0.6 is 0 Å². The van der Waals surface area contributed by atoms with Crippen molar-refractivity contribution in [3.63, 3.8) is 0 Å². The van der Waals surface area contributed by atoms with Gasteiger partial charge in [-0.1, -0.05) is 13.0 Å². The number of nitrogens with one attached hydrogen (secondary N) is 1. The van der Waals surface area contributed by atoms with Crippen LogP contribution in [0, 0.1) is 23.4 Å². The van der Waals surface area contributed by atoms with Gasteiger partial charge in [0.15, 0.2) is 0 Å². The molecule has 1 aliphatic carbocycles. The summed E-state index contributed by atoms with van der Waals surface area (Å²) in [6.07, 6.45) is 4.59. The number of benzene rings is 1. The van der Waals surface area contributed by atoms with Crippen LogP contribution in [-0.4, -0.2) is 40.4 Å². The van der Waals surface area contributed by atoms with Crippen LogP contribution in [0.5, 0.6) is 0 Å². The summed E-state index contributed by atoms with van der Waals surface area (Å²) >= 11 is 0. The van der Waals surface area contributed by atoms with Crippen LogP contribution in [0.1, 0.15) is 55.1 Å². The smallest absolute Gasteiger partial charge is 0.274 e. The summed E-state index contributed by atoms with van der Waals surface area (Å²) in [4.78, 5) is 32.4. The van der Waals surface area contributed by atoms with Crippen molar-refractivity contribution in [2.75, 3.05) is 11.9 Å². The predicted octanol–water partition coefficient (Wildman–Crippen LogP) is 5.02. The molecule has 1 amide bonds. The number of pyridine rings is 2. The van der Waals surface area contributed by atoms with Gasteiger partial charge < -0.3 is 15.8 Å². The first-order valence-corrected chi connectivity index (χ1v) is 12.4. The Morgan fingerprint density at radius 1 is 1.08 bits per heavy atom. The molecule has 200 valence electrons. The third-order valence-electron chi connectivity index (χ3n) is 6.78. The molecule has 2 aromatic heterocycles. The Morgan fingerprint density at radius 2 is 1.82 bits per heavy atom. The maximum atomic E-state index is 14.5. The lowest BCUT2D eigenvalue weighted by molar-refractivity contribution is -0.119. The number of ether oxygens (including phenoxy) is 1. The number of hydrogen-bond acceptors (Lipinski definition) is 6. The van der Waals surface area contributed by atoms with Gasteiger partial charge in [-0.25, -0.2) is 18.2 Å². The fraction of sp³-hybridized carbons (Fsp3) is 0.357. The first-order chi connectivity index (χ1) is 18.2. The minimum absolute atomic E-state index is 0.00444. The van der Waals surface area contributed by atoms with Gasteiger partial charge in [0.25, 0.3) is 5.91 Å². The molecule has 0 spiro atoms. The normalized spacial score (nSPS) is 21.2. The van der Waals surface area contributed by atoms with Gasteiger partial charge in [0.05, 0.1) is 30.2 Å². The highest BCUT2D eigenvalue weighted by Crippen LogP contribution is 2.39. The largest absolute Gasteiger partial charge is 0.376 e. The summed E-state index contributed by atoms with van der Waals surface area (Å²) in [7, 11) is 0. The van der Waals surface area contributed by atoms with Crippen LogP contribution in [0.25, 0.3) is 11.3 Å². The summed E-state index contributed by atoms with van der Waals surface area (Å²) in [5, 5.41) is 2.76. The molecule has 38 heavy (non-hydrogen) atoms. The lowest BCUT2D eigenvalue weighted by Crippen LogP contribution is -2.46. The van der Waals surface area contributed by atoms with Gasteiger partial charge in [0, 0.05) is 18.7 Å². The van der Waals surface area contributed by atoms with Crippen molar-refractivity contribution in [1.29, 1.82) is 0 Å². The lowest BCUT2D eigenvalue weighted by atomic mass is 9.74. The molecule has 10 heteroatoms. The Kier molecular flexibility index (Phi) is 8.53. The number of hydrogen-bond donors (Lipinski definition) is 2. The zero-order chi connectivity index (χ0) is 27.4. The van der Waals surface area contributed by atoms with E-state index < -0.39 is 34.6 Å². The minimum atomic E-state index is -0.991. The second-order valence-corrected chi connectivity index (χ2v) is 9.64. The summed E-state index contributed by atoms with van der Waals surface area (Å²) in [5.41, 5.74) is 6.24. The van der Waals surface area contributed by atoms with E-state index in [0.717, 1.165) is 42.3 Å². The molecule has 4 rings (SSSR count).